The molecule has 0 atom stereocenters. The summed E-state index contributed by atoms with van der Waals surface area (Å²) >= 11 is 0. The molecule has 2 rings (SSSR count). The first-order valence-electron chi connectivity index (χ1n) is 6.68. The number of anilines is 1. The number of hydrogen-bond donors (Lipinski definition) is 1. The predicted molar refractivity (Wildman–Crippen MR) is 77.3 cm³/mol. The van der Waals surface area contributed by atoms with Crippen molar-refractivity contribution in [2.45, 2.75) is 0 Å². The summed E-state index contributed by atoms with van der Waals surface area (Å²) in [4.78, 5) is 4.73. The second-order valence-corrected chi connectivity index (χ2v) is 4.66. The van der Waals surface area contributed by atoms with Crippen molar-refractivity contribution in [3.05, 3.63) is 18.2 Å². The number of nitrogens with two attached hydrogens (primary N) is 1. The Morgan fingerprint density at radius 3 is 2.42 bits per heavy atom. The van der Waals surface area contributed by atoms with Crippen molar-refractivity contribution >= 4 is 5.69 Å². The lowest BCUT2D eigenvalue weighted by atomic mass is 10.2. The number of piperazine rings is 1. The van der Waals surface area contributed by atoms with Gasteiger partial charge in [-0.1, -0.05) is 0 Å². The van der Waals surface area contributed by atoms with Crippen molar-refractivity contribution in [2.75, 3.05) is 58.4 Å². The molecule has 1 saturated heterocycles. The molecule has 1 aromatic rings. The monoisotopic (exact) mass is 265 g/mol. The zero-order valence-electron chi connectivity index (χ0n) is 11.8. The first-order chi connectivity index (χ1) is 9.28. The third kappa shape index (κ3) is 3.30. The standard InChI is InChI=1S/C14H23N3O2/c1-18-12-3-4-14(19-2)13(11-12)17-9-7-16(6-5-15)8-10-17/h3-4,11H,5-10,15H2,1-2H3. The normalized spacial score (nSPS) is 16.5. The van der Waals surface area contributed by atoms with Crippen molar-refractivity contribution in [3.8, 4) is 11.5 Å². The van der Waals surface area contributed by atoms with Crippen LogP contribution in [0.15, 0.2) is 18.2 Å². The SMILES string of the molecule is COc1ccc(OC)c(N2CCN(CCN)CC2)c1. The largest absolute Gasteiger partial charge is 0.497 e. The van der Waals surface area contributed by atoms with Crippen LogP contribution >= 0.6 is 0 Å². The fraction of sp³-hybridized carbons (Fsp3) is 0.571. The Labute approximate surface area is 114 Å². The number of methoxy groups -OCH3 is 2. The Hall–Kier alpha value is -1.46. The molecule has 1 fully saturated rings. The Balaban J connectivity index is 2.09. The van der Waals surface area contributed by atoms with Crippen LogP contribution in [0.25, 0.3) is 0 Å². The van der Waals surface area contributed by atoms with Gasteiger partial charge in [0.05, 0.1) is 19.9 Å². The maximum Gasteiger partial charge on any atom is 0.142 e. The van der Waals surface area contributed by atoms with E-state index >= 15 is 0 Å². The lowest BCUT2D eigenvalue weighted by Gasteiger charge is -2.36. The Morgan fingerprint density at radius 1 is 1.11 bits per heavy atom. The van der Waals surface area contributed by atoms with Crippen LogP contribution in [-0.4, -0.2) is 58.4 Å². The zero-order valence-corrected chi connectivity index (χ0v) is 11.8. The molecule has 1 aromatic carbocycles. The van der Waals surface area contributed by atoms with E-state index in [1.54, 1.807) is 14.2 Å². The molecule has 0 spiro atoms. The molecule has 5 nitrogen and oxygen atoms in total. The summed E-state index contributed by atoms with van der Waals surface area (Å²) in [6, 6.07) is 5.92. The van der Waals surface area contributed by atoms with Gasteiger partial charge in [-0.3, -0.25) is 4.90 Å². The third-order valence-corrected chi connectivity index (χ3v) is 3.54. The summed E-state index contributed by atoms with van der Waals surface area (Å²) in [7, 11) is 3.39. The second-order valence-electron chi connectivity index (χ2n) is 4.66. The van der Waals surface area contributed by atoms with E-state index in [-0.39, 0.29) is 0 Å². The van der Waals surface area contributed by atoms with Crippen LogP contribution in [0.5, 0.6) is 11.5 Å². The Bertz CT molecular complexity index is 404. The van der Waals surface area contributed by atoms with E-state index < -0.39 is 0 Å². The van der Waals surface area contributed by atoms with E-state index in [9.17, 15) is 0 Å². The van der Waals surface area contributed by atoms with Gasteiger partial charge in [0.2, 0.25) is 0 Å². The molecule has 0 aromatic heterocycles. The number of ether oxygens (including phenoxy) is 2. The first kappa shape index (κ1) is 14.0. The quantitative estimate of drug-likeness (QED) is 0.853. The average Bonchev–Trinajstić information content (AvgIpc) is 2.47. The van der Waals surface area contributed by atoms with Crippen LogP contribution in [0, 0.1) is 0 Å². The molecule has 2 N–H and O–H groups in total. The van der Waals surface area contributed by atoms with Crippen molar-refractivity contribution in [2.24, 2.45) is 5.73 Å². The molecule has 0 aliphatic carbocycles. The van der Waals surface area contributed by atoms with Gasteiger partial charge in [-0.15, -0.1) is 0 Å². The highest BCUT2D eigenvalue weighted by Gasteiger charge is 2.19. The van der Waals surface area contributed by atoms with Crippen LogP contribution in [0.3, 0.4) is 0 Å². The van der Waals surface area contributed by atoms with Crippen LogP contribution < -0.4 is 20.1 Å². The molecule has 0 amide bonds. The predicted octanol–water partition coefficient (Wildman–Crippen LogP) is 0.785. The molecule has 5 heteroatoms. The fourth-order valence-corrected chi connectivity index (χ4v) is 2.44. The highest BCUT2D eigenvalue weighted by atomic mass is 16.5. The molecule has 0 bridgehead atoms. The van der Waals surface area contributed by atoms with Gasteiger partial charge in [-0.05, 0) is 12.1 Å². The summed E-state index contributed by atoms with van der Waals surface area (Å²) in [5, 5.41) is 0. The summed E-state index contributed by atoms with van der Waals surface area (Å²) in [5.74, 6) is 1.76. The number of nitrogens with zero attached hydrogens (tertiary/aromatic N) is 2. The minimum absolute atomic E-state index is 0.725. The number of hydrogen-bond acceptors (Lipinski definition) is 5. The molecular weight excluding hydrogens is 242 g/mol. The van der Waals surface area contributed by atoms with Gasteiger partial charge < -0.3 is 20.1 Å². The molecule has 0 saturated carbocycles. The van der Waals surface area contributed by atoms with Gasteiger partial charge in [-0.25, -0.2) is 0 Å². The Kier molecular flexibility index (Phi) is 4.87. The fourth-order valence-electron chi connectivity index (χ4n) is 2.44. The topological polar surface area (TPSA) is 51.0 Å². The van der Waals surface area contributed by atoms with Crippen LogP contribution in [0.2, 0.25) is 0 Å². The number of benzene rings is 1. The van der Waals surface area contributed by atoms with Gasteiger partial charge in [-0.2, -0.15) is 0 Å². The summed E-state index contributed by atoms with van der Waals surface area (Å²) in [6.45, 7) is 5.76. The van der Waals surface area contributed by atoms with E-state index in [1.807, 2.05) is 18.2 Å². The molecule has 1 aliphatic heterocycles. The van der Waals surface area contributed by atoms with E-state index in [4.69, 9.17) is 15.2 Å². The van der Waals surface area contributed by atoms with Gasteiger partial charge in [0, 0.05) is 45.3 Å². The van der Waals surface area contributed by atoms with Gasteiger partial charge in [0.25, 0.3) is 0 Å². The smallest absolute Gasteiger partial charge is 0.142 e. The minimum atomic E-state index is 0.725. The molecule has 19 heavy (non-hydrogen) atoms. The molecular formula is C14H23N3O2. The second kappa shape index (κ2) is 6.63. The minimum Gasteiger partial charge on any atom is -0.497 e. The van der Waals surface area contributed by atoms with Crippen molar-refractivity contribution in [3.63, 3.8) is 0 Å². The first-order valence-corrected chi connectivity index (χ1v) is 6.68. The third-order valence-electron chi connectivity index (χ3n) is 3.54. The maximum absolute atomic E-state index is 5.60. The lowest BCUT2D eigenvalue weighted by molar-refractivity contribution is 0.264. The van der Waals surface area contributed by atoms with Crippen LogP contribution in [0.1, 0.15) is 0 Å². The molecule has 0 radical (unpaired) electrons. The average molecular weight is 265 g/mol. The highest BCUT2D eigenvalue weighted by Crippen LogP contribution is 2.32. The highest BCUT2D eigenvalue weighted by molar-refractivity contribution is 5.62. The molecule has 1 heterocycles. The molecule has 1 aliphatic rings. The van der Waals surface area contributed by atoms with E-state index in [0.29, 0.717) is 0 Å². The lowest BCUT2D eigenvalue weighted by Crippen LogP contribution is -2.47. The van der Waals surface area contributed by atoms with Gasteiger partial charge in [0.15, 0.2) is 0 Å². The Morgan fingerprint density at radius 2 is 1.84 bits per heavy atom. The van der Waals surface area contributed by atoms with Gasteiger partial charge >= 0.3 is 0 Å². The van der Waals surface area contributed by atoms with Gasteiger partial charge in [0.1, 0.15) is 11.5 Å². The van der Waals surface area contributed by atoms with E-state index in [0.717, 1.165) is 56.5 Å². The van der Waals surface area contributed by atoms with Crippen LogP contribution in [0.4, 0.5) is 5.69 Å². The maximum atomic E-state index is 5.60. The zero-order chi connectivity index (χ0) is 13.7. The van der Waals surface area contributed by atoms with E-state index in [2.05, 4.69) is 9.80 Å². The summed E-state index contributed by atoms with van der Waals surface area (Å²) in [6.07, 6.45) is 0. The number of rotatable bonds is 5. The molecule has 106 valence electrons. The van der Waals surface area contributed by atoms with Crippen molar-refractivity contribution < 1.29 is 9.47 Å². The molecule has 0 unspecified atom stereocenters. The summed E-state index contributed by atoms with van der Waals surface area (Å²) in [5.41, 5.74) is 6.70. The summed E-state index contributed by atoms with van der Waals surface area (Å²) < 4.78 is 10.7. The van der Waals surface area contributed by atoms with Crippen LogP contribution in [-0.2, 0) is 0 Å². The van der Waals surface area contributed by atoms with Crippen molar-refractivity contribution in [1.29, 1.82) is 0 Å². The van der Waals surface area contributed by atoms with E-state index in [1.165, 1.54) is 0 Å². The van der Waals surface area contributed by atoms with Crippen molar-refractivity contribution in [1.82, 2.24) is 4.90 Å².